The van der Waals surface area contributed by atoms with Crippen LogP contribution >= 0.6 is 7.82 Å². The molecule has 160 valence electrons. The number of hydrogen-bond donors (Lipinski definition) is 0. The number of rotatable bonds is 10. The van der Waals surface area contributed by atoms with E-state index < -0.39 is 19.3 Å². The Morgan fingerprint density at radius 3 is 1.42 bits per heavy atom. The summed E-state index contributed by atoms with van der Waals surface area (Å²) in [4.78, 5) is 0. The van der Waals surface area contributed by atoms with Gasteiger partial charge in [-0.3, -0.25) is 13.6 Å². The summed E-state index contributed by atoms with van der Waals surface area (Å²) in [7, 11) is -3.89. The molecular weight excluding hydrogens is 407 g/mol. The topological polar surface area (TPSA) is 44.8 Å². The third-order valence-electron chi connectivity index (χ3n) is 5.04. The number of terminal acetylenes is 1. The Morgan fingerprint density at radius 2 is 1.13 bits per heavy atom. The van der Waals surface area contributed by atoms with Crippen LogP contribution in [-0.4, -0.2) is 19.3 Å². The van der Waals surface area contributed by atoms with Crippen LogP contribution in [0, 0.1) is 12.3 Å². The SMILES string of the molecule is C#CC(OP(=O)(OCC)OCC)C(c1ccccc1)(c1ccccc1)c1ccccc1. The van der Waals surface area contributed by atoms with E-state index in [1.54, 1.807) is 13.8 Å². The van der Waals surface area contributed by atoms with Gasteiger partial charge in [0.25, 0.3) is 0 Å². The minimum absolute atomic E-state index is 0.170. The van der Waals surface area contributed by atoms with Crippen LogP contribution in [-0.2, 0) is 23.6 Å². The molecule has 0 saturated carbocycles. The molecule has 5 heteroatoms. The van der Waals surface area contributed by atoms with E-state index in [1.807, 2.05) is 91.0 Å². The Labute approximate surface area is 184 Å². The van der Waals surface area contributed by atoms with Gasteiger partial charge in [0.05, 0.1) is 18.6 Å². The van der Waals surface area contributed by atoms with Crippen LogP contribution in [0.25, 0.3) is 0 Å². The van der Waals surface area contributed by atoms with E-state index in [9.17, 15) is 4.57 Å². The molecule has 0 aliphatic rings. The molecule has 0 aliphatic heterocycles. The summed E-state index contributed by atoms with van der Waals surface area (Å²) in [6, 6.07) is 29.6. The van der Waals surface area contributed by atoms with Crippen LogP contribution in [0.2, 0.25) is 0 Å². The normalized spacial score (nSPS) is 12.8. The Hall–Kier alpha value is -2.67. The summed E-state index contributed by atoms with van der Waals surface area (Å²) in [5.74, 6) is 2.76. The Morgan fingerprint density at radius 1 is 0.774 bits per heavy atom. The van der Waals surface area contributed by atoms with Crippen molar-refractivity contribution in [3.05, 3.63) is 108 Å². The van der Waals surface area contributed by atoms with Crippen LogP contribution in [0.15, 0.2) is 91.0 Å². The first-order valence-corrected chi connectivity index (χ1v) is 11.8. The number of benzene rings is 3. The van der Waals surface area contributed by atoms with Crippen molar-refractivity contribution in [2.45, 2.75) is 25.4 Å². The lowest BCUT2D eigenvalue weighted by molar-refractivity contribution is 0.0862. The van der Waals surface area contributed by atoms with Crippen LogP contribution in [0.5, 0.6) is 0 Å². The summed E-state index contributed by atoms with van der Waals surface area (Å²) in [6.07, 6.45) is 5.09. The summed E-state index contributed by atoms with van der Waals surface area (Å²) < 4.78 is 30.3. The first-order chi connectivity index (χ1) is 15.1. The summed E-state index contributed by atoms with van der Waals surface area (Å²) in [6.45, 7) is 3.81. The van der Waals surface area contributed by atoms with Gasteiger partial charge in [-0.1, -0.05) is 96.9 Å². The summed E-state index contributed by atoms with van der Waals surface area (Å²) in [5, 5.41) is 0. The summed E-state index contributed by atoms with van der Waals surface area (Å²) >= 11 is 0. The zero-order chi connectivity index (χ0) is 22.2. The van der Waals surface area contributed by atoms with Crippen molar-refractivity contribution in [3.8, 4) is 12.3 Å². The van der Waals surface area contributed by atoms with Crippen LogP contribution < -0.4 is 0 Å². The molecule has 0 fully saturated rings. The van der Waals surface area contributed by atoms with Gasteiger partial charge < -0.3 is 0 Å². The maximum Gasteiger partial charge on any atom is 0.476 e. The second-order valence-electron chi connectivity index (χ2n) is 6.84. The van der Waals surface area contributed by atoms with Gasteiger partial charge in [-0.15, -0.1) is 6.42 Å². The third kappa shape index (κ3) is 4.82. The van der Waals surface area contributed by atoms with Gasteiger partial charge in [-0.2, -0.15) is 0 Å². The van der Waals surface area contributed by atoms with E-state index >= 15 is 0 Å². The average Bonchev–Trinajstić information content (AvgIpc) is 2.81. The molecule has 31 heavy (non-hydrogen) atoms. The maximum absolute atomic E-state index is 13.4. The Kier molecular flexibility index (Phi) is 7.85. The molecule has 0 aliphatic carbocycles. The predicted octanol–water partition coefficient (Wildman–Crippen LogP) is 6.22. The molecule has 0 heterocycles. The Balaban J connectivity index is 2.31. The molecule has 3 aromatic rings. The highest BCUT2D eigenvalue weighted by atomic mass is 31.2. The highest BCUT2D eigenvalue weighted by Crippen LogP contribution is 2.55. The second-order valence-corrected chi connectivity index (χ2v) is 8.46. The maximum atomic E-state index is 13.4. The second kappa shape index (κ2) is 10.6. The van der Waals surface area contributed by atoms with Crippen molar-refractivity contribution in [1.82, 2.24) is 0 Å². The molecule has 0 bridgehead atoms. The van der Waals surface area contributed by atoms with Gasteiger partial charge >= 0.3 is 7.82 Å². The zero-order valence-corrected chi connectivity index (χ0v) is 18.7. The molecule has 3 aromatic carbocycles. The van der Waals surface area contributed by atoms with Crippen molar-refractivity contribution in [2.75, 3.05) is 13.2 Å². The van der Waals surface area contributed by atoms with Gasteiger partial charge in [-0.25, -0.2) is 4.57 Å². The largest absolute Gasteiger partial charge is 0.476 e. The fraction of sp³-hybridized carbons (Fsp3) is 0.231. The van der Waals surface area contributed by atoms with Crippen molar-refractivity contribution in [3.63, 3.8) is 0 Å². The van der Waals surface area contributed by atoms with E-state index in [1.165, 1.54) is 0 Å². The molecule has 1 atom stereocenters. The van der Waals surface area contributed by atoms with Gasteiger partial charge in [-0.05, 0) is 30.5 Å². The fourth-order valence-corrected chi connectivity index (χ4v) is 5.14. The quantitative estimate of drug-likeness (QED) is 0.216. The molecule has 0 spiro atoms. The van der Waals surface area contributed by atoms with E-state index in [-0.39, 0.29) is 13.2 Å². The van der Waals surface area contributed by atoms with Crippen molar-refractivity contribution in [2.24, 2.45) is 0 Å². The molecule has 0 saturated heterocycles. The molecule has 0 N–H and O–H groups in total. The van der Waals surface area contributed by atoms with E-state index in [0.717, 1.165) is 16.7 Å². The molecule has 4 nitrogen and oxygen atoms in total. The van der Waals surface area contributed by atoms with Crippen molar-refractivity contribution >= 4 is 7.82 Å². The van der Waals surface area contributed by atoms with Gasteiger partial charge in [0.2, 0.25) is 0 Å². The minimum Gasteiger partial charge on any atom is -0.287 e. The lowest BCUT2D eigenvalue weighted by Gasteiger charge is -2.40. The molecule has 0 amide bonds. The number of phosphoric acid groups is 1. The van der Waals surface area contributed by atoms with Crippen LogP contribution in [0.4, 0.5) is 0 Å². The van der Waals surface area contributed by atoms with Gasteiger partial charge in [0.1, 0.15) is 6.10 Å². The fourth-order valence-electron chi connectivity index (χ4n) is 3.84. The average molecular weight is 434 g/mol. The van der Waals surface area contributed by atoms with Crippen LogP contribution in [0.1, 0.15) is 30.5 Å². The van der Waals surface area contributed by atoms with E-state index in [2.05, 4.69) is 5.92 Å². The molecule has 0 aromatic heterocycles. The smallest absolute Gasteiger partial charge is 0.287 e. The molecule has 3 rings (SSSR count). The van der Waals surface area contributed by atoms with Gasteiger partial charge in [0, 0.05) is 0 Å². The highest BCUT2D eigenvalue weighted by Gasteiger charge is 2.47. The standard InChI is InChI=1S/C26H27O4P/c1-4-25(30-31(27,28-5-2)29-6-3)26(22-16-10-7-11-17-22,23-18-12-8-13-19-23)24-20-14-9-15-21-24/h1,7-21,25H,5-6H2,2-3H3. The molecule has 1 unspecified atom stereocenters. The van der Waals surface area contributed by atoms with E-state index in [4.69, 9.17) is 20.0 Å². The lowest BCUT2D eigenvalue weighted by atomic mass is 9.66. The highest BCUT2D eigenvalue weighted by molar-refractivity contribution is 7.48. The summed E-state index contributed by atoms with van der Waals surface area (Å²) in [5.41, 5.74) is 1.79. The predicted molar refractivity (Wildman–Crippen MR) is 124 cm³/mol. The first-order valence-electron chi connectivity index (χ1n) is 10.3. The molecular formula is C26H27O4P. The monoisotopic (exact) mass is 434 g/mol. The first kappa shape index (κ1) is 23.0. The number of phosphoric ester groups is 1. The number of hydrogen-bond acceptors (Lipinski definition) is 4. The zero-order valence-electron chi connectivity index (χ0n) is 17.8. The van der Waals surface area contributed by atoms with E-state index in [0.29, 0.717) is 0 Å². The minimum atomic E-state index is -3.89. The van der Waals surface area contributed by atoms with Crippen LogP contribution in [0.3, 0.4) is 0 Å². The van der Waals surface area contributed by atoms with Crippen molar-refractivity contribution < 1.29 is 18.1 Å². The van der Waals surface area contributed by atoms with Gasteiger partial charge in [0.15, 0.2) is 0 Å². The molecule has 0 radical (unpaired) electrons. The van der Waals surface area contributed by atoms with Crippen molar-refractivity contribution in [1.29, 1.82) is 0 Å². The lowest BCUT2D eigenvalue weighted by Crippen LogP contribution is -2.42. The third-order valence-corrected chi connectivity index (χ3v) is 6.66. The Bertz CT molecular complexity index is 923.